The first-order valence-electron chi connectivity index (χ1n) is 3.37. The molecular formula is C6H10N2O2S. The molecule has 0 saturated carbocycles. The van der Waals surface area contributed by atoms with Crippen LogP contribution in [-0.2, 0) is 4.79 Å². The van der Waals surface area contributed by atoms with Gasteiger partial charge in [-0.2, -0.15) is 0 Å². The average molecular weight is 174 g/mol. The van der Waals surface area contributed by atoms with Crippen LogP contribution in [0.15, 0.2) is 0 Å². The minimum Gasteiger partial charge on any atom is -0.287 e. The van der Waals surface area contributed by atoms with Crippen molar-refractivity contribution >= 4 is 22.9 Å². The minimum absolute atomic E-state index is 0.204. The van der Waals surface area contributed by atoms with Gasteiger partial charge in [-0.05, 0) is 25.4 Å². The zero-order chi connectivity index (χ0) is 8.43. The highest BCUT2D eigenvalue weighted by molar-refractivity contribution is 8.15. The second-order valence-corrected chi connectivity index (χ2v) is 3.37. The first-order valence-corrected chi connectivity index (χ1v) is 4.25. The number of nitrogens with one attached hydrogen (secondary N) is 1. The van der Waals surface area contributed by atoms with E-state index in [1.807, 2.05) is 18.9 Å². The van der Waals surface area contributed by atoms with Crippen molar-refractivity contribution in [3.63, 3.8) is 0 Å². The van der Waals surface area contributed by atoms with Gasteiger partial charge in [-0.3, -0.25) is 19.8 Å². The van der Waals surface area contributed by atoms with Crippen LogP contribution in [0.4, 0.5) is 4.79 Å². The molecule has 1 fully saturated rings. The summed E-state index contributed by atoms with van der Waals surface area (Å²) >= 11 is 1.03. The lowest BCUT2D eigenvalue weighted by atomic mass is 10.5. The van der Waals surface area contributed by atoms with Crippen LogP contribution in [0.1, 0.15) is 6.92 Å². The van der Waals surface area contributed by atoms with Crippen molar-refractivity contribution in [1.82, 2.24) is 10.2 Å². The Kier molecular flexibility index (Phi) is 2.51. The molecule has 11 heavy (non-hydrogen) atoms. The second kappa shape index (κ2) is 3.23. The molecule has 0 aliphatic carbocycles. The van der Waals surface area contributed by atoms with Crippen molar-refractivity contribution in [3.05, 3.63) is 0 Å². The first kappa shape index (κ1) is 8.55. The number of rotatable bonds is 2. The number of thioether (sulfide) groups is 1. The van der Waals surface area contributed by atoms with Crippen LogP contribution in [-0.4, -0.2) is 35.0 Å². The lowest BCUT2D eigenvalue weighted by Crippen LogP contribution is -2.36. The van der Waals surface area contributed by atoms with Gasteiger partial charge in [-0.15, -0.1) is 0 Å². The summed E-state index contributed by atoms with van der Waals surface area (Å²) < 4.78 is 0. The number of imide groups is 1. The highest BCUT2D eigenvalue weighted by Gasteiger charge is 2.33. The normalized spacial score (nSPS) is 24.5. The lowest BCUT2D eigenvalue weighted by molar-refractivity contribution is -0.121. The van der Waals surface area contributed by atoms with Crippen LogP contribution in [0.5, 0.6) is 0 Å². The maximum absolute atomic E-state index is 11.0. The lowest BCUT2D eigenvalue weighted by Gasteiger charge is -2.17. The van der Waals surface area contributed by atoms with E-state index in [2.05, 4.69) is 5.32 Å². The SMILES string of the molecule is CCN(C)C1SC(=O)NC1=O. The zero-order valence-corrected chi connectivity index (χ0v) is 7.27. The largest absolute Gasteiger partial charge is 0.287 e. The summed E-state index contributed by atoms with van der Waals surface area (Å²) in [6.07, 6.45) is 0. The summed E-state index contributed by atoms with van der Waals surface area (Å²) in [5.41, 5.74) is 0. The van der Waals surface area contributed by atoms with E-state index in [0.29, 0.717) is 0 Å². The molecule has 0 spiro atoms. The Balaban J connectivity index is 2.59. The number of carbonyl (C=O) groups excluding carboxylic acids is 2. The van der Waals surface area contributed by atoms with E-state index in [0.717, 1.165) is 18.3 Å². The number of hydrogen-bond donors (Lipinski definition) is 1. The van der Waals surface area contributed by atoms with Gasteiger partial charge in [0, 0.05) is 0 Å². The Morgan fingerprint density at radius 3 is 2.64 bits per heavy atom. The van der Waals surface area contributed by atoms with Crippen LogP contribution in [0.3, 0.4) is 0 Å². The van der Waals surface area contributed by atoms with Crippen molar-refractivity contribution in [2.24, 2.45) is 0 Å². The third-order valence-electron chi connectivity index (χ3n) is 1.57. The molecule has 1 unspecified atom stereocenters. The molecule has 0 aromatic heterocycles. The van der Waals surface area contributed by atoms with Crippen LogP contribution in [0.25, 0.3) is 0 Å². The van der Waals surface area contributed by atoms with Gasteiger partial charge in [-0.1, -0.05) is 6.92 Å². The number of hydrogen-bond acceptors (Lipinski definition) is 4. The van der Waals surface area contributed by atoms with Gasteiger partial charge in [0.05, 0.1) is 0 Å². The Morgan fingerprint density at radius 2 is 2.27 bits per heavy atom. The van der Waals surface area contributed by atoms with Crippen molar-refractivity contribution in [2.45, 2.75) is 12.3 Å². The number of likely N-dealkylation sites (N-methyl/N-ethyl adjacent to an activating group) is 1. The Hall–Kier alpha value is -0.550. The summed E-state index contributed by atoms with van der Waals surface area (Å²) in [4.78, 5) is 23.5. The quantitative estimate of drug-likeness (QED) is 0.652. The second-order valence-electron chi connectivity index (χ2n) is 2.32. The predicted octanol–water partition coefficient (Wildman–Crippen LogP) is 0.247. The molecule has 1 N–H and O–H groups in total. The summed E-state index contributed by atoms with van der Waals surface area (Å²) in [6.45, 7) is 2.70. The highest BCUT2D eigenvalue weighted by atomic mass is 32.2. The minimum atomic E-state index is -0.326. The molecule has 1 saturated heterocycles. The van der Waals surface area contributed by atoms with Crippen molar-refractivity contribution in [3.8, 4) is 0 Å². The molecule has 1 aliphatic rings. The Bertz CT molecular complexity index is 195. The fourth-order valence-corrected chi connectivity index (χ4v) is 1.66. The monoisotopic (exact) mass is 174 g/mol. The van der Waals surface area contributed by atoms with E-state index in [4.69, 9.17) is 0 Å². The highest BCUT2D eigenvalue weighted by Crippen LogP contribution is 2.20. The maximum Gasteiger partial charge on any atom is 0.287 e. The van der Waals surface area contributed by atoms with Crippen LogP contribution < -0.4 is 5.32 Å². The summed E-state index contributed by atoms with van der Waals surface area (Å²) in [6, 6.07) is 0. The molecule has 62 valence electrons. The van der Waals surface area contributed by atoms with Gasteiger partial charge >= 0.3 is 0 Å². The number of carbonyl (C=O) groups is 2. The summed E-state index contributed by atoms with van der Waals surface area (Å²) in [5, 5.41) is 1.65. The van der Waals surface area contributed by atoms with E-state index in [1.54, 1.807) is 0 Å². The molecule has 1 heterocycles. The first-order chi connectivity index (χ1) is 5.15. The molecule has 2 amide bonds. The average Bonchev–Trinajstić information content (AvgIpc) is 2.28. The standard InChI is InChI=1S/C6H10N2O2S/c1-3-8(2)5-4(9)7-6(10)11-5/h5H,3H2,1-2H3,(H,7,9,10). The molecule has 0 radical (unpaired) electrons. The molecule has 1 atom stereocenters. The van der Waals surface area contributed by atoms with E-state index < -0.39 is 0 Å². The maximum atomic E-state index is 11.0. The third-order valence-corrected chi connectivity index (χ3v) is 2.68. The smallest absolute Gasteiger partial charge is 0.287 e. The topological polar surface area (TPSA) is 49.4 Å². The van der Waals surface area contributed by atoms with Gasteiger partial charge in [-0.25, -0.2) is 0 Å². The van der Waals surface area contributed by atoms with Crippen molar-refractivity contribution in [2.75, 3.05) is 13.6 Å². The Labute approximate surface area is 69.3 Å². The van der Waals surface area contributed by atoms with E-state index in [1.165, 1.54) is 0 Å². The fourth-order valence-electron chi connectivity index (χ4n) is 0.803. The Morgan fingerprint density at radius 1 is 1.64 bits per heavy atom. The van der Waals surface area contributed by atoms with Crippen molar-refractivity contribution in [1.29, 1.82) is 0 Å². The summed E-state index contributed by atoms with van der Waals surface area (Å²) in [5.74, 6) is -0.204. The van der Waals surface area contributed by atoms with E-state index in [9.17, 15) is 9.59 Å². The molecule has 4 nitrogen and oxygen atoms in total. The van der Waals surface area contributed by atoms with Crippen LogP contribution >= 0.6 is 11.8 Å². The number of amides is 2. The summed E-state index contributed by atoms with van der Waals surface area (Å²) in [7, 11) is 1.82. The molecule has 0 bridgehead atoms. The molecule has 0 aromatic carbocycles. The predicted molar refractivity (Wildman–Crippen MR) is 43.2 cm³/mol. The van der Waals surface area contributed by atoms with Crippen molar-refractivity contribution < 1.29 is 9.59 Å². The van der Waals surface area contributed by atoms with Gasteiger partial charge in [0.25, 0.3) is 11.1 Å². The molecule has 0 aromatic rings. The molecule has 1 aliphatic heterocycles. The van der Waals surface area contributed by atoms with Gasteiger partial charge in [0.1, 0.15) is 5.37 Å². The van der Waals surface area contributed by atoms with E-state index >= 15 is 0 Å². The number of nitrogens with zero attached hydrogens (tertiary/aromatic N) is 1. The van der Waals surface area contributed by atoms with Gasteiger partial charge in [0.2, 0.25) is 0 Å². The van der Waals surface area contributed by atoms with Crippen LogP contribution in [0.2, 0.25) is 0 Å². The van der Waals surface area contributed by atoms with Gasteiger partial charge < -0.3 is 0 Å². The molecular weight excluding hydrogens is 164 g/mol. The van der Waals surface area contributed by atoms with Crippen LogP contribution in [0, 0.1) is 0 Å². The molecule has 1 rings (SSSR count). The zero-order valence-electron chi connectivity index (χ0n) is 6.46. The van der Waals surface area contributed by atoms with E-state index in [-0.39, 0.29) is 16.5 Å². The van der Waals surface area contributed by atoms with Gasteiger partial charge in [0.15, 0.2) is 0 Å². The molecule has 5 heteroatoms. The third kappa shape index (κ3) is 1.72. The fraction of sp³-hybridized carbons (Fsp3) is 0.667.